The molecule has 0 radical (unpaired) electrons. The monoisotopic (exact) mass is 337 g/mol. The summed E-state index contributed by atoms with van der Waals surface area (Å²) in [5.74, 6) is 0.512. The molecule has 0 aromatic rings. The Balaban J connectivity index is 0.00000161. The summed E-state index contributed by atoms with van der Waals surface area (Å²) in [4.78, 5) is 0. The van der Waals surface area contributed by atoms with Gasteiger partial charge in [-0.25, -0.2) is 0 Å². The van der Waals surface area contributed by atoms with Crippen molar-refractivity contribution in [3.05, 3.63) is 0 Å². The van der Waals surface area contributed by atoms with Crippen LogP contribution in [-0.4, -0.2) is 55.8 Å². The van der Waals surface area contributed by atoms with E-state index in [0.717, 1.165) is 32.2 Å². The van der Waals surface area contributed by atoms with Crippen molar-refractivity contribution in [1.82, 2.24) is 13.9 Å². The van der Waals surface area contributed by atoms with Gasteiger partial charge in [0.2, 0.25) is 0 Å². The van der Waals surface area contributed by atoms with Gasteiger partial charge in [0.25, 0.3) is 10.2 Å². The van der Waals surface area contributed by atoms with Crippen molar-refractivity contribution in [3.63, 3.8) is 0 Å². The highest BCUT2D eigenvalue weighted by Crippen LogP contribution is 2.29. The van der Waals surface area contributed by atoms with E-state index in [4.69, 9.17) is 0 Å². The van der Waals surface area contributed by atoms with E-state index in [1.54, 1.807) is 15.7 Å². The van der Waals surface area contributed by atoms with Crippen LogP contribution < -0.4 is 5.32 Å². The Morgan fingerprint density at radius 2 is 1.81 bits per heavy atom. The maximum Gasteiger partial charge on any atom is 0.281 e. The van der Waals surface area contributed by atoms with E-state index in [-0.39, 0.29) is 18.4 Å². The molecule has 7 heteroatoms. The van der Waals surface area contributed by atoms with Crippen LogP contribution >= 0.6 is 12.4 Å². The Bertz CT molecular complexity index is 440. The maximum atomic E-state index is 12.8. The van der Waals surface area contributed by atoms with Gasteiger partial charge in [0.1, 0.15) is 0 Å². The molecule has 0 amide bonds. The second kappa shape index (κ2) is 7.13. The first-order valence-corrected chi connectivity index (χ1v) is 9.45. The molecule has 0 spiro atoms. The van der Waals surface area contributed by atoms with Crippen LogP contribution in [0, 0.1) is 5.92 Å². The van der Waals surface area contributed by atoms with Crippen molar-refractivity contribution in [1.29, 1.82) is 0 Å². The summed E-state index contributed by atoms with van der Waals surface area (Å²) in [6, 6.07) is 0.759. The fourth-order valence-electron chi connectivity index (χ4n) is 4.04. The smallest absolute Gasteiger partial charge is 0.281 e. The number of hydrogen-bond donors (Lipinski definition) is 1. The standard InChI is InChI=1S/C14H27N3O2S.ClH/c1-16(13-5-3-2-4-6-13)20(18,19)17-10-8-14-12(11-17)7-9-15-14;/h12-15H,2-11H2,1H3;1H. The topological polar surface area (TPSA) is 52.7 Å². The predicted molar refractivity (Wildman–Crippen MR) is 86.9 cm³/mol. The Labute approximate surface area is 135 Å². The van der Waals surface area contributed by atoms with Gasteiger partial charge in [0.05, 0.1) is 0 Å². The lowest BCUT2D eigenvalue weighted by Crippen LogP contribution is -2.53. The minimum absolute atomic E-state index is 0. The van der Waals surface area contributed by atoms with E-state index in [1.165, 1.54) is 19.3 Å². The molecule has 5 nitrogen and oxygen atoms in total. The van der Waals surface area contributed by atoms with Gasteiger partial charge in [-0.15, -0.1) is 12.4 Å². The van der Waals surface area contributed by atoms with E-state index >= 15 is 0 Å². The minimum Gasteiger partial charge on any atom is -0.314 e. The number of hydrogen-bond acceptors (Lipinski definition) is 3. The van der Waals surface area contributed by atoms with E-state index in [0.29, 0.717) is 25.0 Å². The molecule has 3 rings (SSSR count). The molecular weight excluding hydrogens is 310 g/mol. The molecule has 3 aliphatic rings. The van der Waals surface area contributed by atoms with Crippen LogP contribution in [0.15, 0.2) is 0 Å². The highest BCUT2D eigenvalue weighted by Gasteiger charge is 2.40. The Morgan fingerprint density at radius 3 is 2.52 bits per heavy atom. The third-order valence-corrected chi connectivity index (χ3v) is 7.41. The number of rotatable bonds is 3. The van der Waals surface area contributed by atoms with Crippen LogP contribution in [0.4, 0.5) is 0 Å². The molecule has 0 bridgehead atoms. The lowest BCUT2D eigenvalue weighted by atomic mass is 9.95. The SMILES string of the molecule is CN(C1CCCCC1)S(=O)(=O)N1CCC2NCCC2C1.Cl. The fourth-order valence-corrected chi connectivity index (χ4v) is 5.71. The second-order valence-electron chi connectivity index (χ2n) is 6.57. The largest absolute Gasteiger partial charge is 0.314 e. The molecule has 2 aliphatic heterocycles. The van der Waals surface area contributed by atoms with Crippen LogP contribution in [0.5, 0.6) is 0 Å². The summed E-state index contributed by atoms with van der Waals surface area (Å²) in [6.45, 7) is 2.42. The van der Waals surface area contributed by atoms with E-state index < -0.39 is 10.2 Å². The minimum atomic E-state index is -3.26. The van der Waals surface area contributed by atoms with Gasteiger partial charge in [0, 0.05) is 32.2 Å². The number of halogens is 1. The lowest BCUT2D eigenvalue weighted by Gasteiger charge is -2.39. The molecule has 1 saturated carbocycles. The molecule has 2 heterocycles. The summed E-state index contributed by atoms with van der Waals surface area (Å²) in [7, 11) is -1.48. The van der Waals surface area contributed by atoms with Crippen LogP contribution in [0.25, 0.3) is 0 Å². The Kier molecular flexibility index (Phi) is 5.93. The zero-order chi connectivity index (χ0) is 14.2. The molecule has 0 aromatic carbocycles. The first-order chi connectivity index (χ1) is 9.59. The number of nitrogens with zero attached hydrogens (tertiary/aromatic N) is 2. The molecule has 1 aliphatic carbocycles. The molecule has 21 heavy (non-hydrogen) atoms. The zero-order valence-corrected chi connectivity index (χ0v) is 14.5. The molecule has 1 N–H and O–H groups in total. The van der Waals surface area contributed by atoms with E-state index in [1.807, 2.05) is 0 Å². The Morgan fingerprint density at radius 1 is 1.10 bits per heavy atom. The normalized spacial score (nSPS) is 31.9. The van der Waals surface area contributed by atoms with Crippen LogP contribution in [-0.2, 0) is 10.2 Å². The maximum absolute atomic E-state index is 12.8. The van der Waals surface area contributed by atoms with Gasteiger partial charge in [-0.1, -0.05) is 19.3 Å². The number of fused-ring (bicyclic) bond motifs is 1. The van der Waals surface area contributed by atoms with Crippen LogP contribution in [0.1, 0.15) is 44.9 Å². The first kappa shape index (κ1) is 17.5. The summed E-state index contributed by atoms with van der Waals surface area (Å²) in [5.41, 5.74) is 0. The molecule has 2 atom stereocenters. The van der Waals surface area contributed by atoms with Crippen molar-refractivity contribution in [2.75, 3.05) is 26.7 Å². The van der Waals surface area contributed by atoms with Crippen molar-refractivity contribution < 1.29 is 8.42 Å². The molecule has 0 aromatic heterocycles. The van der Waals surface area contributed by atoms with Gasteiger partial charge in [-0.2, -0.15) is 17.0 Å². The van der Waals surface area contributed by atoms with Gasteiger partial charge in [0.15, 0.2) is 0 Å². The van der Waals surface area contributed by atoms with Crippen molar-refractivity contribution in [2.24, 2.45) is 5.92 Å². The molecular formula is C14H28ClN3O2S. The van der Waals surface area contributed by atoms with Gasteiger partial charge in [-0.05, 0) is 38.1 Å². The highest BCUT2D eigenvalue weighted by atomic mass is 35.5. The van der Waals surface area contributed by atoms with Gasteiger partial charge < -0.3 is 5.32 Å². The van der Waals surface area contributed by atoms with Gasteiger partial charge >= 0.3 is 0 Å². The van der Waals surface area contributed by atoms with Crippen molar-refractivity contribution in [3.8, 4) is 0 Å². The molecule has 2 unspecified atom stereocenters. The van der Waals surface area contributed by atoms with Gasteiger partial charge in [-0.3, -0.25) is 0 Å². The fraction of sp³-hybridized carbons (Fsp3) is 1.00. The molecule has 3 fully saturated rings. The third kappa shape index (κ3) is 3.55. The number of nitrogens with one attached hydrogen (secondary N) is 1. The van der Waals surface area contributed by atoms with Crippen LogP contribution in [0.3, 0.4) is 0 Å². The third-order valence-electron chi connectivity index (χ3n) is 5.40. The Hall–Kier alpha value is 0.120. The summed E-state index contributed by atoms with van der Waals surface area (Å²) >= 11 is 0. The van der Waals surface area contributed by atoms with Crippen LogP contribution in [0.2, 0.25) is 0 Å². The highest BCUT2D eigenvalue weighted by molar-refractivity contribution is 7.86. The summed E-state index contributed by atoms with van der Waals surface area (Å²) in [5, 5.41) is 3.49. The molecule has 124 valence electrons. The first-order valence-electron chi connectivity index (χ1n) is 8.05. The van der Waals surface area contributed by atoms with E-state index in [2.05, 4.69) is 5.32 Å². The van der Waals surface area contributed by atoms with Crippen molar-refractivity contribution in [2.45, 2.75) is 57.0 Å². The predicted octanol–water partition coefficient (Wildman–Crippen LogP) is 1.60. The average Bonchev–Trinajstić information content (AvgIpc) is 2.94. The zero-order valence-electron chi connectivity index (χ0n) is 12.8. The molecule has 2 saturated heterocycles. The quantitative estimate of drug-likeness (QED) is 0.851. The second-order valence-corrected chi connectivity index (χ2v) is 8.56. The summed E-state index contributed by atoms with van der Waals surface area (Å²) < 4.78 is 29.0. The van der Waals surface area contributed by atoms with Crippen molar-refractivity contribution >= 4 is 22.6 Å². The number of piperidine rings is 1. The summed E-state index contributed by atoms with van der Waals surface area (Å²) in [6.07, 6.45) is 7.71. The van der Waals surface area contributed by atoms with E-state index in [9.17, 15) is 8.42 Å². The average molecular weight is 338 g/mol. The lowest BCUT2D eigenvalue weighted by molar-refractivity contribution is 0.215.